The molecule has 0 saturated heterocycles. The number of nitrogens with one attached hydrogen (secondary N) is 1. The van der Waals surface area contributed by atoms with Crippen molar-refractivity contribution in [2.24, 2.45) is 0 Å². The summed E-state index contributed by atoms with van der Waals surface area (Å²) in [6.07, 6.45) is 0.381. The second-order valence-electron chi connectivity index (χ2n) is 5.50. The molecule has 4 heteroatoms. The predicted octanol–water partition coefficient (Wildman–Crippen LogP) is 2.84. The number of hydrogen-bond acceptors (Lipinski definition) is 3. The van der Waals surface area contributed by atoms with Crippen LogP contribution < -0.4 is 5.32 Å². The molecule has 2 rings (SSSR count). The molecule has 0 saturated carbocycles. The Morgan fingerprint density at radius 2 is 1.82 bits per heavy atom. The maximum atomic E-state index is 11.9. The molecule has 0 radical (unpaired) electrons. The molecule has 2 aromatic rings. The van der Waals surface area contributed by atoms with Gasteiger partial charge < -0.3 is 10.1 Å². The number of carbonyl (C=O) groups excluding carboxylic acids is 2. The number of hydrogen-bond donors (Lipinski definition) is 1. The van der Waals surface area contributed by atoms with Crippen LogP contribution in [0.5, 0.6) is 0 Å². The summed E-state index contributed by atoms with van der Waals surface area (Å²) in [6, 6.07) is 14.0. The van der Waals surface area contributed by atoms with Gasteiger partial charge in [0.2, 0.25) is 5.91 Å². The van der Waals surface area contributed by atoms with Gasteiger partial charge in [0.15, 0.2) is 0 Å². The molecular formula is C18H21NO3. The molecule has 0 spiro atoms. The summed E-state index contributed by atoms with van der Waals surface area (Å²) < 4.78 is 5.01. The summed E-state index contributed by atoms with van der Waals surface area (Å²) in [4.78, 5) is 23.3. The zero-order valence-electron chi connectivity index (χ0n) is 13.0. The van der Waals surface area contributed by atoms with Gasteiger partial charge in [-0.05, 0) is 30.2 Å². The number of amides is 1. The smallest absolute Gasteiger partial charge is 0.307 e. The van der Waals surface area contributed by atoms with E-state index in [2.05, 4.69) is 5.32 Å². The van der Waals surface area contributed by atoms with Crippen molar-refractivity contribution in [2.45, 2.75) is 32.8 Å². The predicted molar refractivity (Wildman–Crippen MR) is 86.5 cm³/mol. The van der Waals surface area contributed by atoms with Gasteiger partial charge in [-0.1, -0.05) is 42.5 Å². The quantitative estimate of drug-likeness (QED) is 0.834. The van der Waals surface area contributed by atoms with Crippen LogP contribution in [0.25, 0.3) is 10.8 Å². The molecule has 4 nitrogen and oxygen atoms in total. The zero-order chi connectivity index (χ0) is 15.9. The SMILES string of the molecule is CC(C)OC(=O)CCNC(=O)Cc1ccc2ccccc2c1. The van der Waals surface area contributed by atoms with Crippen LogP contribution in [0.15, 0.2) is 42.5 Å². The van der Waals surface area contributed by atoms with Gasteiger partial charge in [-0.2, -0.15) is 0 Å². The third-order valence-corrected chi connectivity index (χ3v) is 3.20. The monoisotopic (exact) mass is 299 g/mol. The second-order valence-corrected chi connectivity index (χ2v) is 5.50. The maximum Gasteiger partial charge on any atom is 0.307 e. The highest BCUT2D eigenvalue weighted by Crippen LogP contribution is 2.15. The summed E-state index contributed by atoms with van der Waals surface area (Å²) in [5.74, 6) is -0.381. The van der Waals surface area contributed by atoms with Crippen molar-refractivity contribution < 1.29 is 14.3 Å². The third kappa shape index (κ3) is 4.88. The van der Waals surface area contributed by atoms with Crippen molar-refractivity contribution in [1.29, 1.82) is 0 Å². The van der Waals surface area contributed by atoms with Gasteiger partial charge >= 0.3 is 5.97 Å². The van der Waals surface area contributed by atoms with Crippen LogP contribution in [0.1, 0.15) is 25.8 Å². The topological polar surface area (TPSA) is 55.4 Å². The molecule has 0 aliphatic rings. The molecule has 1 amide bonds. The van der Waals surface area contributed by atoms with Crippen LogP contribution in [0.2, 0.25) is 0 Å². The van der Waals surface area contributed by atoms with E-state index in [1.54, 1.807) is 13.8 Å². The summed E-state index contributed by atoms with van der Waals surface area (Å²) in [7, 11) is 0. The molecule has 0 fully saturated rings. The van der Waals surface area contributed by atoms with E-state index in [9.17, 15) is 9.59 Å². The Kier molecular flexibility index (Phi) is 5.53. The van der Waals surface area contributed by atoms with E-state index < -0.39 is 0 Å². The Morgan fingerprint density at radius 3 is 2.55 bits per heavy atom. The number of ether oxygens (including phenoxy) is 1. The summed E-state index contributed by atoms with van der Waals surface area (Å²) in [5.41, 5.74) is 0.959. The van der Waals surface area contributed by atoms with Crippen molar-refractivity contribution in [3.63, 3.8) is 0 Å². The van der Waals surface area contributed by atoms with Crippen molar-refractivity contribution in [3.8, 4) is 0 Å². The van der Waals surface area contributed by atoms with Gasteiger partial charge in [-0.25, -0.2) is 0 Å². The molecule has 0 aliphatic carbocycles. The van der Waals surface area contributed by atoms with E-state index >= 15 is 0 Å². The Bertz CT molecular complexity index is 664. The minimum absolute atomic E-state index is 0.0902. The van der Waals surface area contributed by atoms with E-state index in [0.717, 1.165) is 16.3 Å². The minimum Gasteiger partial charge on any atom is -0.463 e. The molecule has 0 aliphatic heterocycles. The van der Waals surface area contributed by atoms with E-state index in [0.29, 0.717) is 13.0 Å². The van der Waals surface area contributed by atoms with Crippen LogP contribution in [0.3, 0.4) is 0 Å². The van der Waals surface area contributed by atoms with Crippen LogP contribution in [0.4, 0.5) is 0 Å². The molecule has 22 heavy (non-hydrogen) atoms. The third-order valence-electron chi connectivity index (χ3n) is 3.20. The lowest BCUT2D eigenvalue weighted by molar-refractivity contribution is -0.147. The Hall–Kier alpha value is -2.36. The van der Waals surface area contributed by atoms with Crippen molar-refractivity contribution in [1.82, 2.24) is 5.32 Å². The number of carbonyl (C=O) groups is 2. The largest absolute Gasteiger partial charge is 0.463 e. The standard InChI is InChI=1S/C18H21NO3/c1-13(2)22-18(21)9-10-19-17(20)12-14-7-8-15-5-3-4-6-16(15)11-14/h3-8,11,13H,9-10,12H2,1-2H3,(H,19,20). The maximum absolute atomic E-state index is 11.9. The fourth-order valence-electron chi connectivity index (χ4n) is 2.22. The zero-order valence-corrected chi connectivity index (χ0v) is 13.0. The van der Waals surface area contributed by atoms with Gasteiger partial charge in [0.05, 0.1) is 18.9 Å². The average Bonchev–Trinajstić information content (AvgIpc) is 2.46. The lowest BCUT2D eigenvalue weighted by Gasteiger charge is -2.09. The highest BCUT2D eigenvalue weighted by Gasteiger charge is 2.08. The Morgan fingerprint density at radius 1 is 1.09 bits per heavy atom. The summed E-state index contributed by atoms with van der Waals surface area (Å²) in [5, 5.41) is 5.02. The number of esters is 1. The van der Waals surface area contributed by atoms with Gasteiger partial charge in [0.1, 0.15) is 0 Å². The fourth-order valence-corrected chi connectivity index (χ4v) is 2.22. The normalized spacial score (nSPS) is 10.7. The second kappa shape index (κ2) is 7.59. The van der Waals surface area contributed by atoms with Gasteiger partial charge in [-0.15, -0.1) is 0 Å². The van der Waals surface area contributed by atoms with Crippen molar-refractivity contribution in [2.75, 3.05) is 6.54 Å². The number of fused-ring (bicyclic) bond motifs is 1. The number of rotatable bonds is 6. The first kappa shape index (κ1) is 16.0. The number of benzene rings is 2. The van der Waals surface area contributed by atoms with E-state index in [1.165, 1.54) is 0 Å². The molecule has 0 aromatic heterocycles. The summed E-state index contributed by atoms with van der Waals surface area (Å²) in [6.45, 7) is 3.91. The van der Waals surface area contributed by atoms with Crippen LogP contribution in [0, 0.1) is 0 Å². The lowest BCUT2D eigenvalue weighted by Crippen LogP contribution is -2.28. The van der Waals surface area contributed by atoms with Crippen LogP contribution in [-0.2, 0) is 20.7 Å². The molecule has 116 valence electrons. The average molecular weight is 299 g/mol. The molecule has 0 unspecified atom stereocenters. The van der Waals surface area contributed by atoms with E-state index in [-0.39, 0.29) is 24.4 Å². The molecule has 2 aromatic carbocycles. The minimum atomic E-state index is -0.291. The molecular weight excluding hydrogens is 278 g/mol. The highest BCUT2D eigenvalue weighted by molar-refractivity contribution is 5.85. The van der Waals surface area contributed by atoms with E-state index in [4.69, 9.17) is 4.74 Å². The lowest BCUT2D eigenvalue weighted by atomic mass is 10.0. The first-order valence-corrected chi connectivity index (χ1v) is 7.48. The van der Waals surface area contributed by atoms with Crippen LogP contribution in [-0.4, -0.2) is 24.5 Å². The van der Waals surface area contributed by atoms with E-state index in [1.807, 2.05) is 42.5 Å². The molecule has 0 heterocycles. The Labute approximate surface area is 130 Å². The van der Waals surface area contributed by atoms with Gasteiger partial charge in [0.25, 0.3) is 0 Å². The molecule has 0 bridgehead atoms. The highest BCUT2D eigenvalue weighted by atomic mass is 16.5. The molecule has 1 N–H and O–H groups in total. The molecule has 0 atom stereocenters. The first-order valence-electron chi connectivity index (χ1n) is 7.48. The van der Waals surface area contributed by atoms with Crippen LogP contribution >= 0.6 is 0 Å². The van der Waals surface area contributed by atoms with Crippen molar-refractivity contribution >= 4 is 22.6 Å². The Balaban J connectivity index is 1.82. The summed E-state index contributed by atoms with van der Waals surface area (Å²) >= 11 is 0. The fraction of sp³-hybridized carbons (Fsp3) is 0.333. The van der Waals surface area contributed by atoms with Crippen molar-refractivity contribution in [3.05, 3.63) is 48.0 Å². The van der Waals surface area contributed by atoms with Gasteiger partial charge in [0, 0.05) is 6.54 Å². The van der Waals surface area contributed by atoms with Gasteiger partial charge in [-0.3, -0.25) is 9.59 Å². The first-order chi connectivity index (χ1) is 10.5.